The summed E-state index contributed by atoms with van der Waals surface area (Å²) in [6.07, 6.45) is -3.92. The van der Waals surface area contributed by atoms with Gasteiger partial charge in [0.15, 0.2) is 0 Å². The number of aryl methyl sites for hydroxylation is 2. The first-order valence-corrected chi connectivity index (χ1v) is 6.08. The Kier molecular flexibility index (Phi) is 5.18. The molecule has 0 aliphatic heterocycles. The van der Waals surface area contributed by atoms with Crippen LogP contribution in [-0.4, -0.2) is 35.2 Å². The minimum atomic E-state index is -4.32. The second-order valence-corrected chi connectivity index (χ2v) is 4.86. The van der Waals surface area contributed by atoms with Crippen LogP contribution in [0.2, 0.25) is 0 Å². The van der Waals surface area contributed by atoms with Gasteiger partial charge in [-0.2, -0.15) is 18.3 Å². The molecule has 0 amide bonds. The van der Waals surface area contributed by atoms with E-state index < -0.39 is 18.8 Å². The van der Waals surface area contributed by atoms with E-state index in [2.05, 4.69) is 25.8 Å². The first-order chi connectivity index (χ1) is 8.20. The molecule has 2 N–H and O–H groups in total. The zero-order chi connectivity index (χ0) is 13.9. The SMILES string of the molecule is Cc1nn(C)c(CC(N)COCC(F)(F)F)c1Br. The molecule has 18 heavy (non-hydrogen) atoms. The average molecular weight is 330 g/mol. The van der Waals surface area contributed by atoms with Gasteiger partial charge in [0.2, 0.25) is 0 Å². The molecule has 1 heterocycles. The molecule has 1 aromatic rings. The Morgan fingerprint density at radius 3 is 2.56 bits per heavy atom. The van der Waals surface area contributed by atoms with Gasteiger partial charge in [0, 0.05) is 19.5 Å². The monoisotopic (exact) mass is 329 g/mol. The summed E-state index contributed by atoms with van der Waals surface area (Å²) in [5.41, 5.74) is 7.39. The zero-order valence-electron chi connectivity index (χ0n) is 10.1. The van der Waals surface area contributed by atoms with Crippen LogP contribution < -0.4 is 5.73 Å². The van der Waals surface area contributed by atoms with E-state index in [1.54, 1.807) is 11.7 Å². The largest absolute Gasteiger partial charge is 0.411 e. The van der Waals surface area contributed by atoms with Gasteiger partial charge in [-0.05, 0) is 22.9 Å². The summed E-state index contributed by atoms with van der Waals surface area (Å²) < 4.78 is 42.6. The maximum Gasteiger partial charge on any atom is 0.411 e. The topological polar surface area (TPSA) is 53.1 Å². The summed E-state index contributed by atoms with van der Waals surface area (Å²) in [5.74, 6) is 0. The van der Waals surface area contributed by atoms with E-state index in [1.807, 2.05) is 6.92 Å². The molecule has 0 fully saturated rings. The number of nitrogens with two attached hydrogens (primary N) is 1. The van der Waals surface area contributed by atoms with Gasteiger partial charge in [-0.15, -0.1) is 0 Å². The summed E-state index contributed by atoms with van der Waals surface area (Å²) in [7, 11) is 1.76. The third-order valence-electron chi connectivity index (χ3n) is 2.31. The van der Waals surface area contributed by atoms with Crippen LogP contribution in [0.1, 0.15) is 11.4 Å². The number of hydrogen-bond donors (Lipinski definition) is 1. The summed E-state index contributed by atoms with van der Waals surface area (Å²) in [5, 5.41) is 4.18. The Labute approximate surface area is 111 Å². The van der Waals surface area contributed by atoms with Gasteiger partial charge in [-0.1, -0.05) is 0 Å². The first-order valence-electron chi connectivity index (χ1n) is 5.28. The summed E-state index contributed by atoms with van der Waals surface area (Å²) >= 11 is 3.37. The minimum Gasteiger partial charge on any atom is -0.370 e. The van der Waals surface area contributed by atoms with Gasteiger partial charge in [0.1, 0.15) is 6.61 Å². The molecule has 0 aromatic carbocycles. The predicted octanol–water partition coefficient (Wildman–Crippen LogP) is 1.94. The van der Waals surface area contributed by atoms with Crippen LogP contribution in [-0.2, 0) is 18.2 Å². The highest BCUT2D eigenvalue weighted by molar-refractivity contribution is 9.10. The van der Waals surface area contributed by atoms with Gasteiger partial charge >= 0.3 is 6.18 Å². The van der Waals surface area contributed by atoms with Crippen molar-refractivity contribution in [2.75, 3.05) is 13.2 Å². The van der Waals surface area contributed by atoms with Gasteiger partial charge in [-0.3, -0.25) is 4.68 Å². The Balaban J connectivity index is 2.47. The van der Waals surface area contributed by atoms with E-state index in [9.17, 15) is 13.2 Å². The van der Waals surface area contributed by atoms with Crippen molar-refractivity contribution in [1.29, 1.82) is 0 Å². The van der Waals surface area contributed by atoms with Gasteiger partial charge in [0.05, 0.1) is 22.5 Å². The summed E-state index contributed by atoms with van der Waals surface area (Å²) in [6.45, 7) is 0.418. The van der Waals surface area contributed by atoms with Crippen molar-refractivity contribution >= 4 is 15.9 Å². The third kappa shape index (κ3) is 4.58. The fourth-order valence-corrected chi connectivity index (χ4v) is 2.03. The van der Waals surface area contributed by atoms with Crippen molar-refractivity contribution in [3.63, 3.8) is 0 Å². The lowest BCUT2D eigenvalue weighted by atomic mass is 10.2. The van der Waals surface area contributed by atoms with E-state index in [1.165, 1.54) is 0 Å². The molecular weight excluding hydrogens is 315 g/mol. The Hall–Kier alpha value is -0.600. The molecule has 104 valence electrons. The molecule has 1 atom stereocenters. The standard InChI is InChI=1S/C10H15BrF3N3O/c1-6-9(11)8(17(2)16-6)3-7(15)4-18-5-10(12,13)14/h7H,3-5,15H2,1-2H3. The summed E-state index contributed by atoms with van der Waals surface area (Å²) in [4.78, 5) is 0. The highest BCUT2D eigenvalue weighted by Crippen LogP contribution is 2.21. The normalized spacial score (nSPS) is 13.9. The first kappa shape index (κ1) is 15.5. The zero-order valence-corrected chi connectivity index (χ0v) is 11.7. The fraction of sp³-hybridized carbons (Fsp3) is 0.700. The lowest BCUT2D eigenvalue weighted by Crippen LogP contribution is -2.31. The van der Waals surface area contributed by atoms with Crippen LogP contribution in [0.4, 0.5) is 13.2 Å². The van der Waals surface area contributed by atoms with Crippen molar-refractivity contribution in [3.05, 3.63) is 15.9 Å². The number of rotatable bonds is 5. The van der Waals surface area contributed by atoms with Crippen LogP contribution in [0.5, 0.6) is 0 Å². The maximum absolute atomic E-state index is 11.9. The average Bonchev–Trinajstić information content (AvgIpc) is 2.43. The number of halogens is 4. The van der Waals surface area contributed by atoms with Crippen LogP contribution in [0, 0.1) is 6.92 Å². The highest BCUT2D eigenvalue weighted by Gasteiger charge is 2.27. The molecule has 1 aromatic heterocycles. The van der Waals surface area contributed by atoms with Gasteiger partial charge < -0.3 is 10.5 Å². The van der Waals surface area contributed by atoms with Crippen LogP contribution in [0.25, 0.3) is 0 Å². The fourth-order valence-electron chi connectivity index (χ4n) is 1.54. The molecule has 8 heteroatoms. The van der Waals surface area contributed by atoms with Crippen molar-refractivity contribution in [2.24, 2.45) is 12.8 Å². The molecule has 0 saturated heterocycles. The molecule has 0 spiro atoms. The molecule has 1 unspecified atom stereocenters. The number of hydrogen-bond acceptors (Lipinski definition) is 3. The molecule has 0 bridgehead atoms. The van der Waals surface area contributed by atoms with Crippen molar-refractivity contribution in [2.45, 2.75) is 25.6 Å². The van der Waals surface area contributed by atoms with Crippen LogP contribution in [0.3, 0.4) is 0 Å². The molecule has 1 rings (SSSR count). The quantitative estimate of drug-likeness (QED) is 0.898. The van der Waals surface area contributed by atoms with Crippen molar-refractivity contribution < 1.29 is 17.9 Å². The molecule has 0 aliphatic rings. The van der Waals surface area contributed by atoms with E-state index >= 15 is 0 Å². The number of aromatic nitrogens is 2. The van der Waals surface area contributed by atoms with Gasteiger partial charge in [-0.25, -0.2) is 0 Å². The number of alkyl halides is 3. The minimum absolute atomic E-state index is 0.143. The molecule has 0 saturated carbocycles. The van der Waals surface area contributed by atoms with Crippen molar-refractivity contribution in [3.8, 4) is 0 Å². The Morgan fingerprint density at radius 2 is 2.11 bits per heavy atom. The number of ether oxygens (including phenoxy) is 1. The third-order valence-corrected chi connectivity index (χ3v) is 3.35. The second-order valence-electron chi connectivity index (χ2n) is 4.06. The Bertz CT molecular complexity index is 406. The molecule has 4 nitrogen and oxygen atoms in total. The number of nitrogens with zero attached hydrogens (tertiary/aromatic N) is 2. The van der Waals surface area contributed by atoms with Crippen LogP contribution in [0.15, 0.2) is 4.47 Å². The molecular formula is C10H15BrF3N3O. The van der Waals surface area contributed by atoms with E-state index in [0.29, 0.717) is 6.42 Å². The smallest absolute Gasteiger partial charge is 0.370 e. The lowest BCUT2D eigenvalue weighted by molar-refractivity contribution is -0.174. The van der Waals surface area contributed by atoms with Gasteiger partial charge in [0.25, 0.3) is 0 Å². The van der Waals surface area contributed by atoms with Crippen molar-refractivity contribution in [1.82, 2.24) is 9.78 Å². The maximum atomic E-state index is 11.9. The molecule has 0 aliphatic carbocycles. The summed E-state index contributed by atoms with van der Waals surface area (Å²) in [6, 6.07) is -0.501. The van der Waals surface area contributed by atoms with Crippen LogP contribution >= 0.6 is 15.9 Å². The lowest BCUT2D eigenvalue weighted by Gasteiger charge is -2.13. The van der Waals surface area contributed by atoms with E-state index in [0.717, 1.165) is 15.9 Å². The second kappa shape index (κ2) is 6.03. The Morgan fingerprint density at radius 1 is 1.50 bits per heavy atom. The van der Waals surface area contributed by atoms with E-state index in [-0.39, 0.29) is 6.61 Å². The molecule has 0 radical (unpaired) electrons. The predicted molar refractivity (Wildman–Crippen MR) is 64.2 cm³/mol. The highest BCUT2D eigenvalue weighted by atomic mass is 79.9. The van der Waals surface area contributed by atoms with E-state index in [4.69, 9.17) is 5.73 Å².